The van der Waals surface area contributed by atoms with Crippen LogP contribution < -0.4 is 10.1 Å². The molecule has 1 fully saturated rings. The Hall–Kier alpha value is -1.80. The molecule has 0 radical (unpaired) electrons. The molecular weight excluding hydrogens is 404 g/mol. The highest BCUT2D eigenvalue weighted by atomic mass is 32.2. The summed E-state index contributed by atoms with van der Waals surface area (Å²) >= 11 is 0. The average Bonchev–Trinajstić information content (AvgIpc) is 2.75. The molecule has 2 rings (SSSR count). The minimum absolute atomic E-state index is 0.0575. The summed E-state index contributed by atoms with van der Waals surface area (Å²) in [5, 5.41) is 12.6. The number of nitrogens with zero attached hydrogens (tertiary/aromatic N) is 1. The summed E-state index contributed by atoms with van der Waals surface area (Å²) in [7, 11) is -1.75. The van der Waals surface area contributed by atoms with Gasteiger partial charge in [0.1, 0.15) is 0 Å². The van der Waals surface area contributed by atoms with Crippen LogP contribution in [-0.2, 0) is 21.4 Å². The first-order chi connectivity index (χ1) is 14.4. The number of amides is 1. The number of benzene rings is 1. The molecule has 0 unspecified atom stereocenters. The van der Waals surface area contributed by atoms with Crippen molar-refractivity contribution in [3.05, 3.63) is 23.8 Å². The van der Waals surface area contributed by atoms with Gasteiger partial charge in [0.2, 0.25) is 15.9 Å². The van der Waals surface area contributed by atoms with Crippen LogP contribution in [0.4, 0.5) is 0 Å². The van der Waals surface area contributed by atoms with Crippen LogP contribution in [0.2, 0.25) is 0 Å². The molecule has 0 aliphatic carbocycles. The van der Waals surface area contributed by atoms with Crippen molar-refractivity contribution in [1.29, 1.82) is 0 Å². The molecule has 7 nitrogen and oxygen atoms in total. The predicted octanol–water partition coefficient (Wildman–Crippen LogP) is 3.42. The van der Waals surface area contributed by atoms with Gasteiger partial charge in [0.05, 0.1) is 12.9 Å². The van der Waals surface area contributed by atoms with Gasteiger partial charge in [-0.3, -0.25) is 4.79 Å². The molecule has 30 heavy (non-hydrogen) atoms. The molecular formula is C22H36N2O5S. The van der Waals surface area contributed by atoms with Crippen LogP contribution in [0.15, 0.2) is 18.2 Å². The first-order valence-corrected chi connectivity index (χ1v) is 12.6. The van der Waals surface area contributed by atoms with Crippen LogP contribution >= 0.6 is 0 Å². The van der Waals surface area contributed by atoms with Crippen molar-refractivity contribution in [2.45, 2.75) is 64.8 Å². The third-order valence-electron chi connectivity index (χ3n) is 5.68. The number of unbranched alkanes of at least 4 members (excludes halogenated alkanes) is 5. The first-order valence-electron chi connectivity index (χ1n) is 11.0. The zero-order valence-corrected chi connectivity index (χ0v) is 19.0. The van der Waals surface area contributed by atoms with Gasteiger partial charge in [-0.1, -0.05) is 45.1 Å². The molecule has 1 aromatic carbocycles. The maximum Gasteiger partial charge on any atom is 0.223 e. The van der Waals surface area contributed by atoms with E-state index in [-0.39, 0.29) is 23.3 Å². The molecule has 0 aromatic heterocycles. The Kier molecular flexibility index (Phi) is 9.91. The summed E-state index contributed by atoms with van der Waals surface area (Å²) in [6.45, 7) is 3.32. The molecule has 1 saturated heterocycles. The summed E-state index contributed by atoms with van der Waals surface area (Å²) in [4.78, 5) is 12.5. The molecule has 1 aliphatic heterocycles. The molecule has 1 aromatic rings. The molecule has 0 saturated carbocycles. The number of methoxy groups -OCH3 is 1. The van der Waals surface area contributed by atoms with Gasteiger partial charge in [0, 0.05) is 25.6 Å². The average molecular weight is 441 g/mol. The van der Waals surface area contributed by atoms with E-state index in [4.69, 9.17) is 4.74 Å². The van der Waals surface area contributed by atoms with Gasteiger partial charge >= 0.3 is 0 Å². The number of sulfonamides is 1. The molecule has 0 bridgehead atoms. The van der Waals surface area contributed by atoms with E-state index in [2.05, 4.69) is 12.2 Å². The lowest BCUT2D eigenvalue weighted by atomic mass is 9.97. The maximum absolute atomic E-state index is 12.5. The van der Waals surface area contributed by atoms with Crippen LogP contribution in [-0.4, -0.2) is 49.7 Å². The highest BCUT2D eigenvalue weighted by Crippen LogP contribution is 2.26. The predicted molar refractivity (Wildman–Crippen MR) is 118 cm³/mol. The second kappa shape index (κ2) is 12.2. The van der Waals surface area contributed by atoms with Gasteiger partial charge < -0.3 is 15.2 Å². The van der Waals surface area contributed by atoms with Crippen molar-refractivity contribution in [3.63, 3.8) is 0 Å². The quantitative estimate of drug-likeness (QED) is 0.486. The summed E-state index contributed by atoms with van der Waals surface area (Å²) in [6, 6.07) is 4.95. The van der Waals surface area contributed by atoms with Gasteiger partial charge in [0.15, 0.2) is 11.5 Å². The van der Waals surface area contributed by atoms with Gasteiger partial charge in [0.25, 0.3) is 0 Å². The molecule has 1 aliphatic rings. The zero-order valence-electron chi connectivity index (χ0n) is 18.2. The molecule has 1 amide bonds. The maximum atomic E-state index is 12.5. The lowest BCUT2D eigenvalue weighted by Gasteiger charge is -2.30. The number of hydrogen-bond donors (Lipinski definition) is 2. The van der Waals surface area contributed by atoms with E-state index in [0.29, 0.717) is 44.6 Å². The van der Waals surface area contributed by atoms with Gasteiger partial charge in [-0.15, -0.1) is 0 Å². The van der Waals surface area contributed by atoms with Crippen molar-refractivity contribution in [1.82, 2.24) is 9.62 Å². The molecule has 0 atom stereocenters. The monoisotopic (exact) mass is 440 g/mol. The minimum atomic E-state index is -3.23. The van der Waals surface area contributed by atoms with Gasteiger partial charge in [-0.25, -0.2) is 12.7 Å². The lowest BCUT2D eigenvalue weighted by molar-refractivity contribution is -0.126. The Morgan fingerprint density at radius 3 is 2.50 bits per heavy atom. The molecule has 1 heterocycles. The third-order valence-corrected chi connectivity index (χ3v) is 7.64. The van der Waals surface area contributed by atoms with E-state index in [1.165, 1.54) is 32.4 Å². The second-order valence-corrected chi connectivity index (χ2v) is 10.1. The molecule has 0 spiro atoms. The number of phenols is 1. The highest BCUT2D eigenvalue weighted by Gasteiger charge is 2.30. The Morgan fingerprint density at radius 1 is 1.17 bits per heavy atom. The Bertz CT molecular complexity index is 774. The van der Waals surface area contributed by atoms with E-state index < -0.39 is 10.0 Å². The highest BCUT2D eigenvalue weighted by molar-refractivity contribution is 7.89. The fourth-order valence-corrected chi connectivity index (χ4v) is 5.35. The first kappa shape index (κ1) is 24.5. The summed E-state index contributed by atoms with van der Waals surface area (Å²) < 4.78 is 31.7. The Labute approximate surface area is 180 Å². The third kappa shape index (κ3) is 7.47. The topological polar surface area (TPSA) is 95.9 Å². The van der Waals surface area contributed by atoms with E-state index >= 15 is 0 Å². The van der Waals surface area contributed by atoms with Crippen molar-refractivity contribution >= 4 is 15.9 Å². The van der Waals surface area contributed by atoms with Crippen LogP contribution in [0.25, 0.3) is 0 Å². The van der Waals surface area contributed by atoms with Crippen LogP contribution in [0, 0.1) is 5.92 Å². The van der Waals surface area contributed by atoms with Gasteiger partial charge in [-0.2, -0.15) is 0 Å². The summed E-state index contributed by atoms with van der Waals surface area (Å²) in [5.74, 6) is 0.394. The summed E-state index contributed by atoms with van der Waals surface area (Å²) in [5.41, 5.74) is 0.831. The number of rotatable bonds is 12. The van der Waals surface area contributed by atoms with Crippen molar-refractivity contribution in [2.24, 2.45) is 5.92 Å². The number of piperidine rings is 1. The number of nitrogens with one attached hydrogen (secondary N) is 1. The zero-order chi connectivity index (χ0) is 22.0. The SMILES string of the molecule is CCCCCCCCS(=O)(=O)N1CCC(C(=O)NCc2ccc(O)c(OC)c2)CC1. The standard InChI is InChI=1S/C22H36N2O5S/c1-3-4-5-6-7-8-15-30(27,28)24-13-11-19(12-14-24)22(26)23-17-18-9-10-20(25)21(16-18)29-2/h9-10,16,19,25H,3-8,11-15,17H2,1-2H3,(H,23,26). The minimum Gasteiger partial charge on any atom is -0.504 e. The largest absolute Gasteiger partial charge is 0.504 e. The van der Waals surface area contributed by atoms with E-state index in [1.54, 1.807) is 16.4 Å². The van der Waals surface area contributed by atoms with Crippen LogP contribution in [0.1, 0.15) is 63.9 Å². The number of hydrogen-bond acceptors (Lipinski definition) is 5. The smallest absolute Gasteiger partial charge is 0.223 e. The molecule has 2 N–H and O–H groups in total. The number of carbonyl (C=O) groups is 1. The fourth-order valence-electron chi connectivity index (χ4n) is 3.76. The van der Waals surface area contributed by atoms with Crippen LogP contribution in [0.5, 0.6) is 11.5 Å². The van der Waals surface area contributed by atoms with E-state index in [1.807, 2.05) is 0 Å². The lowest BCUT2D eigenvalue weighted by Crippen LogP contribution is -2.43. The summed E-state index contributed by atoms with van der Waals surface area (Å²) in [6.07, 6.45) is 7.42. The van der Waals surface area contributed by atoms with Gasteiger partial charge in [-0.05, 0) is 37.0 Å². The Balaban J connectivity index is 1.73. The van der Waals surface area contributed by atoms with Crippen molar-refractivity contribution in [3.8, 4) is 11.5 Å². The Morgan fingerprint density at radius 2 is 1.83 bits per heavy atom. The second-order valence-electron chi connectivity index (χ2n) is 7.98. The van der Waals surface area contributed by atoms with Crippen LogP contribution in [0.3, 0.4) is 0 Å². The van der Waals surface area contributed by atoms with E-state index in [0.717, 1.165) is 18.4 Å². The molecule has 8 heteroatoms. The number of aromatic hydroxyl groups is 1. The number of phenolic OH excluding ortho intramolecular Hbond substituents is 1. The number of ether oxygens (including phenoxy) is 1. The van der Waals surface area contributed by atoms with Crippen molar-refractivity contribution < 1.29 is 23.1 Å². The van der Waals surface area contributed by atoms with Crippen molar-refractivity contribution in [2.75, 3.05) is 26.0 Å². The van der Waals surface area contributed by atoms with E-state index in [9.17, 15) is 18.3 Å². The fraction of sp³-hybridized carbons (Fsp3) is 0.682. The molecule has 170 valence electrons. The normalized spacial score (nSPS) is 15.8. The number of carbonyl (C=O) groups excluding carboxylic acids is 1.